The van der Waals surface area contributed by atoms with E-state index in [0.29, 0.717) is 5.69 Å². The second-order valence-electron chi connectivity index (χ2n) is 5.28. The molecule has 2 rings (SSSR count). The van der Waals surface area contributed by atoms with Crippen molar-refractivity contribution in [1.29, 1.82) is 0 Å². The average Bonchev–Trinajstić information content (AvgIpc) is 2.59. The minimum Gasteiger partial charge on any atom is -0.337 e. The van der Waals surface area contributed by atoms with Gasteiger partial charge in [-0.25, -0.2) is 13.2 Å². The maximum Gasteiger partial charge on any atom is 0.226 e. The third-order valence-corrected chi connectivity index (χ3v) is 3.44. The van der Waals surface area contributed by atoms with Crippen molar-refractivity contribution < 1.29 is 22.8 Å². The third-order valence-electron chi connectivity index (χ3n) is 3.44. The molecule has 2 aromatic rings. The second kappa shape index (κ2) is 8.27. The third kappa shape index (κ3) is 5.03. The van der Waals surface area contributed by atoms with Crippen LogP contribution < -0.4 is 5.32 Å². The Morgan fingerprint density at radius 1 is 1.12 bits per heavy atom. The highest BCUT2D eigenvalue weighted by atomic mass is 19.2. The van der Waals surface area contributed by atoms with E-state index in [1.807, 2.05) is 0 Å². The maximum absolute atomic E-state index is 13.5. The van der Waals surface area contributed by atoms with Crippen LogP contribution in [0.4, 0.5) is 18.9 Å². The summed E-state index contributed by atoms with van der Waals surface area (Å²) < 4.78 is 39.5. The van der Waals surface area contributed by atoms with Crippen molar-refractivity contribution in [2.24, 2.45) is 0 Å². The Labute approximate surface area is 142 Å². The van der Waals surface area contributed by atoms with Gasteiger partial charge in [0.2, 0.25) is 11.8 Å². The number of rotatable bonds is 6. The number of anilines is 1. The van der Waals surface area contributed by atoms with E-state index in [-0.39, 0.29) is 25.4 Å². The average molecular weight is 351 g/mol. The molecule has 2 amide bonds. The van der Waals surface area contributed by atoms with Crippen LogP contribution in [0.5, 0.6) is 0 Å². The lowest BCUT2D eigenvalue weighted by molar-refractivity contribution is -0.130. The molecule has 132 valence electrons. The molecule has 5 nitrogen and oxygen atoms in total. The molecule has 0 fully saturated rings. The molecule has 0 saturated heterocycles. The minimum atomic E-state index is -1.65. The Morgan fingerprint density at radius 3 is 2.52 bits per heavy atom. The van der Waals surface area contributed by atoms with Gasteiger partial charge in [-0.15, -0.1) is 0 Å². The van der Waals surface area contributed by atoms with E-state index >= 15 is 0 Å². The highest BCUT2D eigenvalue weighted by Gasteiger charge is 2.17. The van der Waals surface area contributed by atoms with Crippen LogP contribution in [0.3, 0.4) is 0 Å². The molecule has 0 bridgehead atoms. The van der Waals surface area contributed by atoms with Crippen molar-refractivity contribution in [3.8, 4) is 0 Å². The largest absolute Gasteiger partial charge is 0.337 e. The van der Waals surface area contributed by atoms with Crippen molar-refractivity contribution in [2.45, 2.75) is 19.9 Å². The lowest BCUT2D eigenvalue weighted by Gasteiger charge is -2.20. The first kappa shape index (κ1) is 18.4. The topological polar surface area (TPSA) is 62.3 Å². The summed E-state index contributed by atoms with van der Waals surface area (Å²) in [7, 11) is 0. The molecule has 0 saturated carbocycles. The second-order valence-corrected chi connectivity index (χ2v) is 5.28. The minimum absolute atomic E-state index is 0.0725. The van der Waals surface area contributed by atoms with Gasteiger partial charge in [0.05, 0.1) is 17.9 Å². The van der Waals surface area contributed by atoms with Crippen LogP contribution in [0.1, 0.15) is 19.0 Å². The Balaban J connectivity index is 1.95. The van der Waals surface area contributed by atoms with Crippen molar-refractivity contribution in [3.05, 3.63) is 59.7 Å². The first-order valence-corrected chi connectivity index (χ1v) is 7.47. The van der Waals surface area contributed by atoms with Gasteiger partial charge in [-0.1, -0.05) is 6.07 Å². The Hall–Kier alpha value is -2.90. The molecule has 0 radical (unpaired) electrons. The summed E-state index contributed by atoms with van der Waals surface area (Å²) in [5.41, 5.74) is 0.202. The summed E-state index contributed by atoms with van der Waals surface area (Å²) in [6.45, 7) is 1.65. The van der Waals surface area contributed by atoms with Crippen molar-refractivity contribution in [3.63, 3.8) is 0 Å². The van der Waals surface area contributed by atoms with Gasteiger partial charge in [-0.05, 0) is 24.3 Å². The number of aromatic nitrogens is 1. The lowest BCUT2D eigenvalue weighted by Crippen LogP contribution is -2.32. The van der Waals surface area contributed by atoms with Gasteiger partial charge in [0, 0.05) is 26.1 Å². The van der Waals surface area contributed by atoms with Crippen LogP contribution in [0.2, 0.25) is 0 Å². The van der Waals surface area contributed by atoms with Gasteiger partial charge in [-0.2, -0.15) is 0 Å². The van der Waals surface area contributed by atoms with Crippen LogP contribution in [-0.2, 0) is 16.1 Å². The molecule has 0 aliphatic heterocycles. The summed E-state index contributed by atoms with van der Waals surface area (Å²) in [4.78, 5) is 29.1. The van der Waals surface area contributed by atoms with E-state index in [1.54, 1.807) is 24.4 Å². The summed E-state index contributed by atoms with van der Waals surface area (Å²) in [6, 6.07) is 6.91. The summed E-state index contributed by atoms with van der Waals surface area (Å²) >= 11 is 0. The van der Waals surface area contributed by atoms with E-state index in [4.69, 9.17) is 0 Å². The Bertz CT molecular complexity index is 769. The van der Waals surface area contributed by atoms with Gasteiger partial charge in [0.25, 0.3) is 0 Å². The quantitative estimate of drug-likeness (QED) is 0.814. The predicted octanol–water partition coefficient (Wildman–Crippen LogP) is 2.88. The van der Waals surface area contributed by atoms with Gasteiger partial charge >= 0.3 is 0 Å². The van der Waals surface area contributed by atoms with Crippen LogP contribution >= 0.6 is 0 Å². The molecule has 0 aliphatic rings. The van der Waals surface area contributed by atoms with E-state index in [0.717, 1.165) is 12.1 Å². The van der Waals surface area contributed by atoms with Crippen molar-refractivity contribution in [2.75, 3.05) is 11.9 Å². The fraction of sp³-hybridized carbons (Fsp3) is 0.235. The first-order valence-electron chi connectivity index (χ1n) is 7.47. The zero-order chi connectivity index (χ0) is 18.4. The number of amides is 2. The summed E-state index contributed by atoms with van der Waals surface area (Å²) in [5.74, 6) is -5.34. The summed E-state index contributed by atoms with van der Waals surface area (Å²) in [5, 5.41) is 2.16. The van der Waals surface area contributed by atoms with Gasteiger partial charge in [0.15, 0.2) is 17.5 Å². The molecule has 1 aromatic heterocycles. The zero-order valence-electron chi connectivity index (χ0n) is 13.4. The van der Waals surface area contributed by atoms with Crippen LogP contribution in [0.25, 0.3) is 0 Å². The molecular formula is C17H16F3N3O2. The van der Waals surface area contributed by atoms with Gasteiger partial charge in [0.1, 0.15) is 0 Å². The number of hydrogen-bond donors (Lipinski definition) is 1. The number of carbonyl (C=O) groups excluding carboxylic acids is 2. The molecule has 0 atom stereocenters. The van der Waals surface area contributed by atoms with E-state index in [1.165, 1.54) is 11.8 Å². The maximum atomic E-state index is 13.5. The highest BCUT2D eigenvalue weighted by Crippen LogP contribution is 2.19. The van der Waals surface area contributed by atoms with E-state index in [2.05, 4.69) is 10.3 Å². The van der Waals surface area contributed by atoms with Crippen molar-refractivity contribution in [1.82, 2.24) is 9.88 Å². The molecule has 25 heavy (non-hydrogen) atoms. The van der Waals surface area contributed by atoms with Gasteiger partial charge < -0.3 is 10.2 Å². The molecule has 0 unspecified atom stereocenters. The SMILES string of the molecule is CC(=O)N(CCC(=O)Nc1ccc(F)c(F)c1F)Cc1ccccn1. The molecule has 1 aromatic carbocycles. The Kier molecular flexibility index (Phi) is 6.10. The number of nitrogens with one attached hydrogen (secondary N) is 1. The van der Waals surface area contributed by atoms with Crippen LogP contribution in [0.15, 0.2) is 36.5 Å². The number of hydrogen-bond acceptors (Lipinski definition) is 3. The number of carbonyl (C=O) groups is 2. The standard InChI is InChI=1S/C17H16F3N3O2/c1-11(24)23(10-12-4-2-3-8-21-12)9-7-15(25)22-14-6-5-13(18)16(19)17(14)20/h2-6,8H,7,9-10H2,1H3,(H,22,25). The smallest absolute Gasteiger partial charge is 0.226 e. The fourth-order valence-corrected chi connectivity index (χ4v) is 2.11. The van der Waals surface area contributed by atoms with E-state index < -0.39 is 29.0 Å². The molecule has 0 spiro atoms. The number of pyridine rings is 1. The lowest BCUT2D eigenvalue weighted by atomic mass is 10.2. The fourth-order valence-electron chi connectivity index (χ4n) is 2.11. The highest BCUT2D eigenvalue weighted by molar-refractivity contribution is 5.91. The van der Waals surface area contributed by atoms with Crippen LogP contribution in [0, 0.1) is 17.5 Å². The normalized spacial score (nSPS) is 10.4. The predicted molar refractivity (Wildman–Crippen MR) is 84.9 cm³/mol. The summed E-state index contributed by atoms with van der Waals surface area (Å²) in [6.07, 6.45) is 1.46. The number of nitrogens with zero attached hydrogens (tertiary/aromatic N) is 2. The van der Waals surface area contributed by atoms with E-state index in [9.17, 15) is 22.8 Å². The van der Waals surface area contributed by atoms with Crippen molar-refractivity contribution >= 4 is 17.5 Å². The first-order chi connectivity index (χ1) is 11.9. The number of benzene rings is 1. The number of halogens is 3. The monoisotopic (exact) mass is 351 g/mol. The molecule has 1 N–H and O–H groups in total. The zero-order valence-corrected chi connectivity index (χ0v) is 13.4. The molecular weight excluding hydrogens is 335 g/mol. The molecule has 8 heteroatoms. The Morgan fingerprint density at radius 2 is 1.88 bits per heavy atom. The van der Waals surface area contributed by atoms with Crippen LogP contribution in [-0.4, -0.2) is 28.2 Å². The van der Waals surface area contributed by atoms with Gasteiger partial charge in [-0.3, -0.25) is 14.6 Å². The molecule has 0 aliphatic carbocycles. The molecule has 1 heterocycles.